The van der Waals surface area contributed by atoms with Crippen molar-refractivity contribution in [3.05, 3.63) is 202 Å². The molecule has 0 amide bonds. The second-order valence-electron chi connectivity index (χ2n) is 24.9. The molecular formula is C75H83Ca2F3N4O15S+4. The Kier molecular flexibility index (Phi) is 31.5. The predicted molar refractivity (Wildman–Crippen MR) is 379 cm³/mol. The maximum absolute atomic E-state index is 13.7. The summed E-state index contributed by atoms with van der Waals surface area (Å²) < 4.78 is 77.3. The molecule has 1 aliphatic heterocycles. The molecule has 7 aromatic rings. The molecule has 8 N–H and O–H groups in total. The number of nitrogens with zero attached hydrogens (tertiary/aromatic N) is 4. The van der Waals surface area contributed by atoms with E-state index >= 15 is 0 Å². The van der Waals surface area contributed by atoms with E-state index in [1.165, 1.54) is 67.7 Å². The summed E-state index contributed by atoms with van der Waals surface area (Å²) in [5.41, 5.74) is 9.39. The van der Waals surface area contributed by atoms with Crippen molar-refractivity contribution < 1.29 is 86.3 Å². The Balaban J connectivity index is 0.000000234. The molecule has 2 fully saturated rings. The summed E-state index contributed by atoms with van der Waals surface area (Å²) in [5.74, 6) is -2.96. The van der Waals surface area contributed by atoms with Crippen LogP contribution < -0.4 is 9.04 Å². The van der Waals surface area contributed by atoms with Crippen molar-refractivity contribution in [2.45, 2.75) is 152 Å². The van der Waals surface area contributed by atoms with Crippen LogP contribution in [0.3, 0.4) is 0 Å². The van der Waals surface area contributed by atoms with Gasteiger partial charge in [-0.25, -0.2) is 35.9 Å². The fraction of sp³-hybridized carbons (Fsp3) is 0.360. The van der Waals surface area contributed by atoms with Crippen LogP contribution >= 0.6 is 0 Å². The first kappa shape index (κ1) is 82.5. The van der Waals surface area contributed by atoms with E-state index in [0.717, 1.165) is 110 Å². The molecule has 2 aromatic heterocycles. The summed E-state index contributed by atoms with van der Waals surface area (Å²) in [7, 11) is -2.33. The van der Waals surface area contributed by atoms with Gasteiger partial charge in [0, 0.05) is 71.0 Å². The smallest absolute Gasteiger partial charge is 0.482 e. The molecule has 100 heavy (non-hydrogen) atoms. The van der Waals surface area contributed by atoms with E-state index in [1.54, 1.807) is 49.4 Å². The first-order valence-corrected chi connectivity index (χ1v) is 34.3. The van der Waals surface area contributed by atoms with Gasteiger partial charge in [-0.2, -0.15) is 0 Å². The normalized spacial score (nSPS) is 15.9. The quantitative estimate of drug-likeness (QED) is 0.0185. The van der Waals surface area contributed by atoms with E-state index in [-0.39, 0.29) is 131 Å². The molecular weight excluding hydrogens is 1370 g/mol. The van der Waals surface area contributed by atoms with Crippen LogP contribution in [-0.2, 0) is 29.1 Å². The number of aromatic nitrogens is 3. The first-order valence-electron chi connectivity index (χ1n) is 32.4. The van der Waals surface area contributed by atoms with Crippen molar-refractivity contribution in [1.82, 2.24) is 15.0 Å². The molecule has 6 atom stereocenters. The van der Waals surface area contributed by atoms with Gasteiger partial charge >= 0.3 is 93.4 Å². The molecule has 0 saturated heterocycles. The number of pyridine rings is 1. The number of carbonyl (C=O) groups excluding carboxylic acids is 1. The molecule has 520 valence electrons. The fourth-order valence-electron chi connectivity index (χ4n) is 11.8. The van der Waals surface area contributed by atoms with Crippen LogP contribution in [0.1, 0.15) is 143 Å². The third kappa shape index (κ3) is 23.0. The molecule has 3 heterocycles. The number of aliphatic carboxylic acids is 2. The Morgan fingerprint density at radius 1 is 0.640 bits per heavy atom. The molecule has 0 radical (unpaired) electrons. The summed E-state index contributed by atoms with van der Waals surface area (Å²) in [6.07, 6.45) is 8.80. The van der Waals surface area contributed by atoms with Crippen LogP contribution in [0, 0.1) is 17.5 Å². The van der Waals surface area contributed by atoms with Gasteiger partial charge in [0.1, 0.15) is 28.8 Å². The van der Waals surface area contributed by atoms with E-state index in [1.807, 2.05) is 68.5 Å². The monoisotopic (exact) mass is 1450 g/mol. The second-order valence-corrected chi connectivity index (χ2v) is 26.9. The summed E-state index contributed by atoms with van der Waals surface area (Å²) in [6, 6.07) is 33.9. The second kappa shape index (κ2) is 38.2. The molecule has 19 nitrogen and oxygen atoms in total. The number of hydrogen-bond acceptors (Lipinski definition) is 16. The van der Waals surface area contributed by atoms with Crippen molar-refractivity contribution in [2.24, 2.45) is 0 Å². The number of para-hydroxylation sites is 2. The SMILES string of the molecule is CC(C)c1nc(N(C)S(C)(=O)=O)nc(-c2ccc(F)cc2)c1/C=C/[C@@H](O)C[C@@H](O)CC(=O)O.CCOC(=O)C[C@H](O)C[C@H](O)/C=C/C1=C(c2ccc(F)cc2)c2ccccc2OC12CCCC2.O=C(O)C[C@H](O)C[C@H](O)/C=C/c1c(C2CC2)nc2ccccc2c1-c1ccc(F)cc1.[Ca+2].[Ca+2]. The van der Waals surface area contributed by atoms with E-state index < -0.39 is 88.8 Å². The van der Waals surface area contributed by atoms with E-state index in [9.17, 15) is 66.6 Å². The maximum Gasteiger partial charge on any atom is 2.00 e. The summed E-state index contributed by atoms with van der Waals surface area (Å²) in [6.45, 7) is 5.66. The van der Waals surface area contributed by atoms with E-state index in [4.69, 9.17) is 24.7 Å². The largest absolute Gasteiger partial charge is 2.00 e. The summed E-state index contributed by atoms with van der Waals surface area (Å²) in [5, 5.41) is 79.4. The van der Waals surface area contributed by atoms with Gasteiger partial charge in [-0.3, -0.25) is 19.4 Å². The van der Waals surface area contributed by atoms with Gasteiger partial charge in [0.05, 0.1) is 91.3 Å². The number of halogens is 3. The minimum absolute atomic E-state index is 0. The molecule has 2 saturated carbocycles. The maximum atomic E-state index is 13.7. The van der Waals surface area contributed by atoms with Gasteiger partial charge in [-0.1, -0.05) is 111 Å². The Morgan fingerprint density at radius 3 is 1.63 bits per heavy atom. The topological polar surface area (TPSA) is 308 Å². The van der Waals surface area contributed by atoms with Crippen molar-refractivity contribution in [2.75, 3.05) is 24.2 Å². The number of rotatable bonds is 26. The van der Waals surface area contributed by atoms with Crippen LogP contribution in [0.15, 0.2) is 151 Å². The molecule has 10 rings (SSSR count). The zero-order valence-corrected chi connectivity index (χ0v) is 61.7. The number of sulfonamides is 1. The van der Waals surface area contributed by atoms with Gasteiger partial charge in [-0.15, -0.1) is 0 Å². The fourth-order valence-corrected chi connectivity index (χ4v) is 12.2. The molecule has 5 aromatic carbocycles. The Morgan fingerprint density at radius 2 is 1.12 bits per heavy atom. The number of carboxylic acid groups (broad SMARTS) is 2. The zero-order valence-electron chi connectivity index (χ0n) is 56.5. The number of hydrogen-bond donors (Lipinski definition) is 8. The number of aliphatic hydroxyl groups excluding tert-OH is 6. The third-order valence-corrected chi connectivity index (χ3v) is 17.9. The van der Waals surface area contributed by atoms with Gasteiger partial charge in [0.15, 0.2) is 0 Å². The number of benzene rings is 5. The number of esters is 1. The number of fused-ring (bicyclic) bond motifs is 2. The van der Waals surface area contributed by atoms with Crippen LogP contribution in [0.25, 0.3) is 51.0 Å². The predicted octanol–water partition coefficient (Wildman–Crippen LogP) is 11.1. The minimum Gasteiger partial charge on any atom is -0.482 e. The Labute approximate surface area is 639 Å². The summed E-state index contributed by atoms with van der Waals surface area (Å²) >= 11 is 0. The van der Waals surface area contributed by atoms with Crippen LogP contribution in [0.5, 0.6) is 5.75 Å². The molecule has 0 unspecified atom stereocenters. The number of anilines is 1. The Hall–Kier alpha value is -6.42. The average Bonchev–Trinajstić information content (AvgIpc) is 1.28. The molecule has 2 aliphatic carbocycles. The van der Waals surface area contributed by atoms with Crippen molar-refractivity contribution in [1.29, 1.82) is 0 Å². The van der Waals surface area contributed by atoms with Crippen LogP contribution in [0.4, 0.5) is 19.1 Å². The minimum atomic E-state index is -3.65. The van der Waals surface area contributed by atoms with Gasteiger partial charge in [-0.05, 0) is 129 Å². The van der Waals surface area contributed by atoms with Crippen molar-refractivity contribution >= 4 is 138 Å². The standard InChI is InChI=1S/C28H31FO5.C25H24FNO4.C22H28FN3O6S.2Ca/c1-2-33-26(32)18-22(31)17-21(30)13-14-24-27(19-9-11-20(29)12-10-19)23-7-3-4-8-25(23)34-28(24)15-5-6-16-28;26-17-9-7-15(8-10-17)24-20-3-1-2-4-22(20)27-25(16-5-6-16)21(24)12-11-18(28)13-19(29)14-23(30)31;1-13(2)20-18(10-9-16(27)11-17(28)12-19(29)30)21(14-5-7-15(23)8-6-14)25-22(24-20)26(3)33(4,31)32;;/h3-4,7-14,21-22,30-31H,2,5-6,15-18H2,1H3;1-4,7-12,16,18-19,28-29H,5-6,13-14H2,(H,30,31);5-10,13,16-17,27-28H,11-12H2,1-4H3,(H,29,30);;/q;;;2*+2/b14-13+;12-11+;10-9+;;/t21-,22-;18-,19-;16-,17-;;/m111../s1. The van der Waals surface area contributed by atoms with Crippen LogP contribution in [0.2, 0.25) is 0 Å². The van der Waals surface area contributed by atoms with Crippen molar-refractivity contribution in [3.8, 4) is 28.1 Å². The van der Waals surface area contributed by atoms with E-state index in [2.05, 4.69) is 9.97 Å². The molecule has 1 spiro atoms. The number of carbonyl (C=O) groups is 3. The number of carboxylic acids is 2. The zero-order chi connectivity index (χ0) is 71.0. The van der Waals surface area contributed by atoms with Crippen molar-refractivity contribution in [3.63, 3.8) is 0 Å². The van der Waals surface area contributed by atoms with Gasteiger partial charge in [0.2, 0.25) is 16.0 Å². The Bertz CT molecular complexity index is 4170. The molecule has 25 heteroatoms. The van der Waals surface area contributed by atoms with Gasteiger partial charge < -0.3 is 50.3 Å². The van der Waals surface area contributed by atoms with E-state index in [0.29, 0.717) is 28.4 Å². The van der Waals surface area contributed by atoms with Gasteiger partial charge in [0.25, 0.3) is 0 Å². The number of ether oxygens (including phenoxy) is 2. The number of aliphatic hydroxyl groups is 6. The molecule has 0 bridgehead atoms. The van der Waals surface area contributed by atoms with Crippen LogP contribution in [-0.4, -0.2) is 220 Å². The first-order chi connectivity index (χ1) is 46.6. The summed E-state index contributed by atoms with van der Waals surface area (Å²) in [4.78, 5) is 46.8. The molecule has 3 aliphatic rings. The average molecular weight is 1450 g/mol. The third-order valence-electron chi connectivity index (χ3n) is 16.8.